The maximum absolute atomic E-state index is 11.8. The molecule has 2 amide bonds. The third-order valence-electron chi connectivity index (χ3n) is 4.18. The van der Waals surface area contributed by atoms with Crippen molar-refractivity contribution in [1.29, 1.82) is 0 Å². The average molecular weight is 332 g/mol. The maximum atomic E-state index is 11.8. The molecule has 1 aromatic rings. The molecule has 1 aromatic carbocycles. The highest BCUT2D eigenvalue weighted by Gasteiger charge is 2.02. The van der Waals surface area contributed by atoms with Gasteiger partial charge in [0, 0.05) is 25.6 Å². The first-order valence-corrected chi connectivity index (χ1v) is 9.28. The van der Waals surface area contributed by atoms with Crippen molar-refractivity contribution < 1.29 is 9.59 Å². The Hall–Kier alpha value is -1.84. The van der Waals surface area contributed by atoms with E-state index in [4.69, 9.17) is 0 Å². The number of amides is 2. The fourth-order valence-corrected chi connectivity index (χ4v) is 2.67. The van der Waals surface area contributed by atoms with Crippen LogP contribution in [0.5, 0.6) is 0 Å². The molecule has 0 aliphatic heterocycles. The van der Waals surface area contributed by atoms with E-state index in [-0.39, 0.29) is 11.8 Å². The first-order chi connectivity index (χ1) is 11.7. The van der Waals surface area contributed by atoms with Crippen molar-refractivity contribution >= 4 is 11.8 Å². The van der Waals surface area contributed by atoms with Crippen molar-refractivity contribution in [2.75, 3.05) is 13.6 Å². The molecular weight excluding hydrogens is 300 g/mol. The minimum atomic E-state index is 0.0207. The van der Waals surface area contributed by atoms with Gasteiger partial charge in [-0.1, -0.05) is 63.1 Å². The average Bonchev–Trinajstić information content (AvgIpc) is 2.62. The zero-order valence-corrected chi connectivity index (χ0v) is 15.0. The number of rotatable bonds is 13. The molecule has 4 nitrogen and oxygen atoms in total. The Bertz CT molecular complexity index is 460. The Balaban J connectivity index is 1.84. The molecule has 0 bridgehead atoms. The molecule has 134 valence electrons. The van der Waals surface area contributed by atoms with Crippen molar-refractivity contribution in [3.05, 3.63) is 35.9 Å². The number of hydrogen-bond donors (Lipinski definition) is 2. The lowest BCUT2D eigenvalue weighted by atomic mass is 10.1. The minimum absolute atomic E-state index is 0.0207. The van der Waals surface area contributed by atoms with Crippen LogP contribution in [0.2, 0.25) is 0 Å². The van der Waals surface area contributed by atoms with Gasteiger partial charge >= 0.3 is 0 Å². The third-order valence-corrected chi connectivity index (χ3v) is 4.18. The van der Waals surface area contributed by atoms with Gasteiger partial charge in [-0.25, -0.2) is 0 Å². The van der Waals surface area contributed by atoms with E-state index >= 15 is 0 Å². The smallest absolute Gasteiger partial charge is 0.251 e. The molecule has 2 N–H and O–H groups in total. The topological polar surface area (TPSA) is 58.2 Å². The Morgan fingerprint density at radius 1 is 0.792 bits per heavy atom. The second-order valence-corrected chi connectivity index (χ2v) is 6.23. The molecule has 0 unspecified atom stereocenters. The molecule has 0 aliphatic carbocycles. The van der Waals surface area contributed by atoms with E-state index in [0.29, 0.717) is 6.42 Å². The van der Waals surface area contributed by atoms with Gasteiger partial charge in [-0.2, -0.15) is 0 Å². The van der Waals surface area contributed by atoms with Gasteiger partial charge in [-0.05, 0) is 25.0 Å². The van der Waals surface area contributed by atoms with Crippen LogP contribution in [0, 0.1) is 0 Å². The SMILES string of the molecule is CNC(=O)CCCCCCCCCCCNC(=O)c1ccccc1. The number of benzene rings is 1. The lowest BCUT2D eigenvalue weighted by Crippen LogP contribution is -2.24. The molecule has 0 aliphatic rings. The van der Waals surface area contributed by atoms with Crippen molar-refractivity contribution in [2.24, 2.45) is 0 Å². The summed E-state index contributed by atoms with van der Waals surface area (Å²) >= 11 is 0. The van der Waals surface area contributed by atoms with Gasteiger partial charge < -0.3 is 10.6 Å². The van der Waals surface area contributed by atoms with Gasteiger partial charge in [-0.3, -0.25) is 9.59 Å². The highest BCUT2D eigenvalue weighted by atomic mass is 16.2. The summed E-state index contributed by atoms with van der Waals surface area (Å²) in [5, 5.41) is 5.62. The van der Waals surface area contributed by atoms with Crippen molar-refractivity contribution in [1.82, 2.24) is 10.6 Å². The number of carbonyl (C=O) groups excluding carboxylic acids is 2. The highest BCUT2D eigenvalue weighted by molar-refractivity contribution is 5.94. The summed E-state index contributed by atoms with van der Waals surface area (Å²) in [6, 6.07) is 9.35. The molecule has 0 saturated heterocycles. The third kappa shape index (κ3) is 10.0. The second kappa shape index (κ2) is 13.6. The van der Waals surface area contributed by atoms with Crippen LogP contribution in [0.25, 0.3) is 0 Å². The summed E-state index contributed by atoms with van der Waals surface area (Å²) < 4.78 is 0. The van der Waals surface area contributed by atoms with Crippen LogP contribution in [0.1, 0.15) is 74.6 Å². The fraction of sp³-hybridized carbons (Fsp3) is 0.600. The molecular formula is C20H32N2O2. The summed E-state index contributed by atoms with van der Waals surface area (Å²) in [6.45, 7) is 0.757. The van der Waals surface area contributed by atoms with E-state index in [1.54, 1.807) is 7.05 Å². The van der Waals surface area contributed by atoms with E-state index in [9.17, 15) is 9.59 Å². The van der Waals surface area contributed by atoms with E-state index < -0.39 is 0 Å². The Morgan fingerprint density at radius 3 is 1.92 bits per heavy atom. The lowest BCUT2D eigenvalue weighted by Gasteiger charge is -2.05. The molecule has 24 heavy (non-hydrogen) atoms. The summed E-state index contributed by atoms with van der Waals surface area (Å²) in [5.74, 6) is 0.168. The summed E-state index contributed by atoms with van der Waals surface area (Å²) in [5.41, 5.74) is 0.730. The van der Waals surface area contributed by atoms with Gasteiger partial charge in [0.05, 0.1) is 0 Å². The van der Waals surface area contributed by atoms with Crippen molar-refractivity contribution in [3.63, 3.8) is 0 Å². The number of carbonyl (C=O) groups is 2. The quantitative estimate of drug-likeness (QED) is 0.535. The molecule has 0 spiro atoms. The van der Waals surface area contributed by atoms with Crippen LogP contribution in [0.4, 0.5) is 0 Å². The van der Waals surface area contributed by atoms with Crippen molar-refractivity contribution in [3.8, 4) is 0 Å². The minimum Gasteiger partial charge on any atom is -0.359 e. The molecule has 0 fully saturated rings. The van der Waals surface area contributed by atoms with Gasteiger partial charge in [-0.15, -0.1) is 0 Å². The molecule has 0 heterocycles. The standard InChI is InChI=1S/C20H32N2O2/c1-21-19(23)16-12-7-5-3-2-4-6-8-13-17-22-20(24)18-14-10-9-11-15-18/h9-11,14-15H,2-8,12-13,16-17H2,1H3,(H,21,23)(H,22,24). The first kappa shape index (κ1) is 20.2. The molecule has 0 aromatic heterocycles. The Morgan fingerprint density at radius 2 is 1.33 bits per heavy atom. The summed E-state index contributed by atoms with van der Waals surface area (Å²) in [4.78, 5) is 22.9. The Kier molecular flexibility index (Phi) is 11.4. The van der Waals surface area contributed by atoms with Gasteiger partial charge in [0.15, 0.2) is 0 Å². The lowest BCUT2D eigenvalue weighted by molar-refractivity contribution is -0.120. The number of unbranched alkanes of at least 4 members (excludes halogenated alkanes) is 8. The molecule has 0 saturated carbocycles. The van der Waals surface area contributed by atoms with Crippen LogP contribution >= 0.6 is 0 Å². The van der Waals surface area contributed by atoms with Crippen LogP contribution in [0.3, 0.4) is 0 Å². The molecule has 4 heteroatoms. The molecule has 0 radical (unpaired) electrons. The normalized spacial score (nSPS) is 10.4. The first-order valence-electron chi connectivity index (χ1n) is 9.28. The molecule has 0 atom stereocenters. The van der Waals surface area contributed by atoms with Crippen LogP contribution < -0.4 is 10.6 Å². The summed E-state index contributed by atoms with van der Waals surface area (Å²) in [7, 11) is 1.69. The molecule has 1 rings (SSSR count). The summed E-state index contributed by atoms with van der Waals surface area (Å²) in [6.07, 6.45) is 11.3. The van der Waals surface area contributed by atoms with Gasteiger partial charge in [0.1, 0.15) is 0 Å². The van der Waals surface area contributed by atoms with Crippen LogP contribution in [-0.4, -0.2) is 25.4 Å². The predicted molar refractivity (Wildman–Crippen MR) is 99.0 cm³/mol. The zero-order chi connectivity index (χ0) is 17.5. The Labute approximate surface area is 146 Å². The monoisotopic (exact) mass is 332 g/mol. The fourth-order valence-electron chi connectivity index (χ4n) is 2.67. The van der Waals surface area contributed by atoms with E-state index in [1.165, 1.54) is 38.5 Å². The largest absolute Gasteiger partial charge is 0.359 e. The van der Waals surface area contributed by atoms with E-state index in [1.807, 2.05) is 30.3 Å². The van der Waals surface area contributed by atoms with Gasteiger partial charge in [0.25, 0.3) is 5.91 Å². The van der Waals surface area contributed by atoms with Crippen LogP contribution in [0.15, 0.2) is 30.3 Å². The second-order valence-electron chi connectivity index (χ2n) is 6.23. The maximum Gasteiger partial charge on any atom is 0.251 e. The predicted octanol–water partition coefficient (Wildman–Crippen LogP) is 4.06. The van der Waals surface area contributed by atoms with E-state index in [2.05, 4.69) is 10.6 Å². The van der Waals surface area contributed by atoms with E-state index in [0.717, 1.165) is 31.4 Å². The van der Waals surface area contributed by atoms with Crippen LogP contribution in [-0.2, 0) is 4.79 Å². The van der Waals surface area contributed by atoms with Gasteiger partial charge in [0.2, 0.25) is 5.91 Å². The highest BCUT2D eigenvalue weighted by Crippen LogP contribution is 2.10. The van der Waals surface area contributed by atoms with Crippen molar-refractivity contribution in [2.45, 2.75) is 64.2 Å². The zero-order valence-electron chi connectivity index (χ0n) is 15.0. The number of nitrogens with one attached hydrogen (secondary N) is 2. The number of hydrogen-bond acceptors (Lipinski definition) is 2.